The van der Waals surface area contributed by atoms with Crippen LogP contribution < -0.4 is 0 Å². The van der Waals surface area contributed by atoms with Gasteiger partial charge in [0, 0.05) is 17.1 Å². The van der Waals surface area contributed by atoms with Crippen LogP contribution in [-0.4, -0.2) is 13.1 Å². The van der Waals surface area contributed by atoms with Crippen LogP contribution in [0.1, 0.15) is 34.6 Å². The summed E-state index contributed by atoms with van der Waals surface area (Å²) < 4.78 is 15.0. The standard InChI is InChI=1S/C10H15.C3H9Br2Si2.2CO.Fe/c1-6-7(2)9(4)10(5)8(6)3;1-7(2,3)6(4)5;2*1-2;/h1-5H3;1-3H3;;;. The van der Waals surface area contributed by atoms with Crippen molar-refractivity contribution in [3.8, 4) is 0 Å². The van der Waals surface area contributed by atoms with Gasteiger partial charge in [-0.15, -0.1) is 30.6 Å². The van der Waals surface area contributed by atoms with E-state index in [2.05, 4.69) is 98.1 Å². The summed E-state index contributed by atoms with van der Waals surface area (Å²) in [6, 6.07) is 0. The van der Waals surface area contributed by atoms with E-state index in [1.807, 2.05) is 0 Å². The van der Waals surface area contributed by atoms with Crippen molar-refractivity contribution in [3.63, 3.8) is 0 Å². The molecule has 0 unspecified atom stereocenters. The molecule has 0 atom stereocenters. The third-order valence-electron chi connectivity index (χ3n) is 3.38. The van der Waals surface area contributed by atoms with Crippen LogP contribution in [0.5, 0.6) is 0 Å². The maximum absolute atomic E-state index is 7.50. The van der Waals surface area contributed by atoms with E-state index in [9.17, 15) is 0 Å². The van der Waals surface area contributed by atoms with Gasteiger partial charge < -0.3 is 0 Å². The molecule has 1 aliphatic carbocycles. The molecule has 2 nitrogen and oxygen atoms in total. The minimum atomic E-state index is -0.799. The summed E-state index contributed by atoms with van der Waals surface area (Å²) in [5.74, 6) is 7.34. The zero-order valence-corrected chi connectivity index (χ0v) is 20.7. The van der Waals surface area contributed by atoms with Gasteiger partial charge in [-0.05, 0) is 29.6 Å². The fourth-order valence-corrected chi connectivity index (χ4v) is 1.41. The number of hydrogen-bond acceptors (Lipinski definition) is 0. The molecule has 0 aromatic heterocycles. The monoisotopic (exact) mass is 506 g/mol. The van der Waals surface area contributed by atoms with Gasteiger partial charge >= 0.3 is 22.6 Å². The fourth-order valence-electron chi connectivity index (χ4n) is 1.41. The van der Waals surface area contributed by atoms with Gasteiger partial charge in [-0.1, -0.05) is 54.3 Å². The maximum atomic E-state index is 7.50. The van der Waals surface area contributed by atoms with Crippen LogP contribution in [0.4, 0.5) is 0 Å². The van der Waals surface area contributed by atoms with E-state index >= 15 is 0 Å². The van der Waals surface area contributed by atoms with E-state index in [-0.39, 0.29) is 22.6 Å². The van der Waals surface area contributed by atoms with Crippen LogP contribution in [0.2, 0.25) is 19.6 Å². The zero-order valence-electron chi connectivity index (χ0n) is 14.4. The van der Waals surface area contributed by atoms with Crippen molar-refractivity contribution in [2.24, 2.45) is 0 Å². The molecule has 7 heteroatoms. The molecule has 22 heavy (non-hydrogen) atoms. The summed E-state index contributed by atoms with van der Waals surface area (Å²) in [7, 11) is -0.799. The molecule has 6 radical (unpaired) electrons. The average Bonchev–Trinajstić information content (AvgIpc) is 2.61. The van der Waals surface area contributed by atoms with Gasteiger partial charge in [0.15, 0.2) is 0 Å². The Labute approximate surface area is 166 Å². The third kappa shape index (κ3) is 11.9. The first-order chi connectivity index (χ1) is 9.50. The summed E-state index contributed by atoms with van der Waals surface area (Å²) in [6.07, 6.45) is 0. The number of halogens is 2. The molecule has 126 valence electrons. The first-order valence-electron chi connectivity index (χ1n) is 6.29. The molecule has 0 aromatic carbocycles. The third-order valence-corrected chi connectivity index (χ3v) is 29.3. The Hall–Kier alpha value is 1.39. The molecule has 0 N–H and O–H groups in total. The van der Waals surface area contributed by atoms with Crippen LogP contribution in [-0.2, 0) is 26.4 Å². The quantitative estimate of drug-likeness (QED) is 0.192. The first kappa shape index (κ1) is 31.2. The van der Waals surface area contributed by atoms with Gasteiger partial charge in [-0.3, -0.25) is 0 Å². The second-order valence-electron chi connectivity index (χ2n) is 5.64. The van der Waals surface area contributed by atoms with Crippen LogP contribution >= 0.6 is 30.6 Å². The van der Waals surface area contributed by atoms with Crippen molar-refractivity contribution < 1.29 is 26.4 Å². The smallest absolute Gasteiger partial charge is 0 e. The summed E-state index contributed by atoms with van der Waals surface area (Å²) in [5, 5.41) is 0. The Balaban J connectivity index is -0.000000120. The van der Waals surface area contributed by atoms with E-state index in [0.717, 1.165) is 0 Å². The van der Waals surface area contributed by atoms with Crippen LogP contribution in [0.15, 0.2) is 0 Å². The molecule has 0 saturated heterocycles. The van der Waals surface area contributed by atoms with Crippen molar-refractivity contribution in [2.45, 2.75) is 54.3 Å². The van der Waals surface area contributed by atoms with E-state index in [1.165, 1.54) is 29.6 Å². The molecule has 0 heterocycles. The van der Waals surface area contributed by atoms with Gasteiger partial charge in [0.1, 0.15) is 0 Å². The van der Waals surface area contributed by atoms with Gasteiger partial charge in [-0.25, -0.2) is 0 Å². The Morgan fingerprint density at radius 3 is 0.818 bits per heavy atom. The minimum absolute atomic E-state index is 0. The molecule has 0 aromatic rings. The normalized spacial score (nSPS) is 17.2. The SMILES string of the molecule is C[C]1[C](C)[C](C)[C](C)[C]1C.C[Si](C)(C)[Si](Br)Br.[C-]#[O+].[C-]#[O+].[Fe]. The maximum Gasteiger partial charge on any atom is 0 e. The Bertz CT molecular complexity index is 256. The summed E-state index contributed by atoms with van der Waals surface area (Å²) in [5.41, 5.74) is -0.286. The van der Waals surface area contributed by atoms with Crippen LogP contribution in [0.3, 0.4) is 0 Å². The fraction of sp³-hybridized carbons (Fsp3) is 0.533. The Morgan fingerprint density at radius 1 is 0.682 bits per heavy atom. The first-order valence-corrected chi connectivity index (χ1v) is 16.8. The van der Waals surface area contributed by atoms with E-state index < -0.39 is 7.59 Å². The molecule has 0 amide bonds. The molecule has 0 bridgehead atoms. The largest absolute Gasteiger partial charge is 0 e. The van der Waals surface area contributed by atoms with Crippen LogP contribution in [0.25, 0.3) is 0 Å². The van der Waals surface area contributed by atoms with Crippen molar-refractivity contribution in [1.82, 2.24) is 0 Å². The van der Waals surface area contributed by atoms with Gasteiger partial charge in [0.05, 0.1) is 7.59 Å². The minimum Gasteiger partial charge on any atom is 0 e. The van der Waals surface area contributed by atoms with Gasteiger partial charge in [-0.2, -0.15) is 0 Å². The molecule has 1 aliphatic rings. The van der Waals surface area contributed by atoms with Crippen molar-refractivity contribution in [3.05, 3.63) is 42.9 Å². The number of hydrogen-bond donors (Lipinski definition) is 0. The summed E-state index contributed by atoms with van der Waals surface area (Å²) in [4.78, 5) is 0. The summed E-state index contributed by atoms with van der Waals surface area (Å²) >= 11 is 7.15. The average molecular weight is 508 g/mol. The topological polar surface area (TPSA) is 39.8 Å². The van der Waals surface area contributed by atoms with E-state index in [1.54, 1.807) is 0 Å². The van der Waals surface area contributed by atoms with Crippen molar-refractivity contribution in [1.29, 1.82) is 0 Å². The molecule has 0 aliphatic heterocycles. The predicted molar refractivity (Wildman–Crippen MR) is 99.4 cm³/mol. The zero-order chi connectivity index (χ0) is 18.0. The molecular formula is C15H24Br2FeO2Si2. The van der Waals surface area contributed by atoms with E-state index in [0.29, 0.717) is 0 Å². The van der Waals surface area contributed by atoms with Gasteiger partial charge in [0.2, 0.25) is 5.55 Å². The van der Waals surface area contributed by atoms with Crippen molar-refractivity contribution >= 4 is 43.7 Å². The Kier molecular flexibility index (Phi) is 22.5. The Morgan fingerprint density at radius 2 is 0.773 bits per heavy atom. The molecular weight excluding hydrogens is 484 g/mol. The second-order valence-corrected chi connectivity index (χ2v) is 29.0. The van der Waals surface area contributed by atoms with Crippen LogP contribution in [0, 0.1) is 42.9 Å². The van der Waals surface area contributed by atoms with Crippen molar-refractivity contribution in [2.75, 3.05) is 0 Å². The molecule has 0 spiro atoms. The second kappa shape index (κ2) is 15.9. The van der Waals surface area contributed by atoms with E-state index in [4.69, 9.17) is 9.30 Å². The number of rotatable bonds is 1. The summed E-state index contributed by atoms with van der Waals surface area (Å²) in [6.45, 7) is 27.1. The molecule has 1 rings (SSSR count). The molecule has 1 saturated carbocycles. The predicted octanol–water partition coefficient (Wildman–Crippen LogP) is 5.58. The molecule has 1 fully saturated rings. The van der Waals surface area contributed by atoms with Gasteiger partial charge in [0.25, 0.3) is 0 Å².